The highest BCUT2D eigenvalue weighted by Crippen LogP contribution is 2.09. The van der Waals surface area contributed by atoms with E-state index < -0.39 is 0 Å². The van der Waals surface area contributed by atoms with Crippen LogP contribution in [0.1, 0.15) is 79.1 Å². The first kappa shape index (κ1) is 26.8. The molecule has 28 heavy (non-hydrogen) atoms. The number of unbranched alkanes of at least 4 members (excludes halogenated alkanes) is 2. The van der Waals surface area contributed by atoms with Crippen LogP contribution in [0.15, 0.2) is 0 Å². The molecule has 0 rings (SSSR count). The molecule has 0 aliphatic heterocycles. The van der Waals surface area contributed by atoms with Gasteiger partial charge in [0.25, 0.3) is 0 Å². The summed E-state index contributed by atoms with van der Waals surface area (Å²) in [6.07, 6.45) is 6.06. The van der Waals surface area contributed by atoms with Crippen LogP contribution in [0.4, 0.5) is 0 Å². The number of hydrogen-bond acceptors (Lipinski definition) is 5. The predicted molar refractivity (Wildman–Crippen MR) is 113 cm³/mol. The Hall–Kier alpha value is -1.18. The molecule has 0 aromatic heterocycles. The minimum Gasteiger partial charge on any atom is -0.396 e. The monoisotopic (exact) mass is 401 g/mol. The van der Waals surface area contributed by atoms with E-state index in [1.54, 1.807) is 0 Å². The molecule has 7 heteroatoms. The predicted octanol–water partition coefficient (Wildman–Crippen LogP) is 1.72. The quantitative estimate of drug-likeness (QED) is 0.238. The highest BCUT2D eigenvalue weighted by molar-refractivity contribution is 5.76. The summed E-state index contributed by atoms with van der Waals surface area (Å²) < 4.78 is 0. The second-order valence-corrected chi connectivity index (χ2v) is 8.27. The van der Waals surface area contributed by atoms with Crippen LogP contribution in [0.5, 0.6) is 0 Å². The van der Waals surface area contributed by atoms with Crippen molar-refractivity contribution in [2.45, 2.75) is 97.2 Å². The minimum absolute atomic E-state index is 0.00450. The summed E-state index contributed by atoms with van der Waals surface area (Å²) in [5.74, 6) is 0.0697. The molecule has 166 valence electrons. The molecule has 5 N–H and O–H groups in total. The maximum atomic E-state index is 12.2. The van der Waals surface area contributed by atoms with Gasteiger partial charge in [-0.25, -0.2) is 0 Å². The van der Waals surface area contributed by atoms with E-state index in [1.807, 2.05) is 13.8 Å². The number of rotatable bonds is 17. The largest absolute Gasteiger partial charge is 0.396 e. The molecule has 0 radical (unpaired) electrons. The molecule has 2 amide bonds. The molecule has 0 spiro atoms. The molecule has 0 bridgehead atoms. The molecule has 0 aromatic carbocycles. The van der Waals surface area contributed by atoms with E-state index in [-0.39, 0.29) is 43.0 Å². The first-order chi connectivity index (χ1) is 13.3. The summed E-state index contributed by atoms with van der Waals surface area (Å²) in [5, 5.41) is 27.4. The topological polar surface area (TPSA) is 111 Å². The standard InChI is InChI=1S/C21H43N3O4/c1-16(2)23-19(10-5-6-11-20(27)24-17(3)4)13-21(28)22-12-8-7-9-18(14-25)15-26/h16-19,23,25-26H,5-15H2,1-4H3,(H,22,28)(H,24,27). The van der Waals surface area contributed by atoms with Gasteiger partial charge in [0.1, 0.15) is 0 Å². The molecule has 7 nitrogen and oxygen atoms in total. The number of aliphatic hydroxyl groups excluding tert-OH is 2. The van der Waals surface area contributed by atoms with E-state index in [2.05, 4.69) is 29.8 Å². The molecule has 0 aliphatic carbocycles. The summed E-state index contributed by atoms with van der Waals surface area (Å²) in [6.45, 7) is 8.67. The van der Waals surface area contributed by atoms with E-state index >= 15 is 0 Å². The summed E-state index contributed by atoms with van der Waals surface area (Å²) in [6, 6.07) is 0.585. The van der Waals surface area contributed by atoms with Crippen LogP contribution >= 0.6 is 0 Å². The first-order valence-corrected chi connectivity index (χ1v) is 10.8. The molecular formula is C21H43N3O4. The normalized spacial score (nSPS) is 12.6. The Morgan fingerprint density at radius 3 is 2.04 bits per heavy atom. The fraction of sp³-hybridized carbons (Fsp3) is 0.905. The zero-order valence-corrected chi connectivity index (χ0v) is 18.3. The van der Waals surface area contributed by atoms with Crippen LogP contribution in [0.25, 0.3) is 0 Å². The highest BCUT2D eigenvalue weighted by atomic mass is 16.3. The van der Waals surface area contributed by atoms with Gasteiger partial charge in [-0.1, -0.05) is 26.7 Å². The summed E-state index contributed by atoms with van der Waals surface area (Å²) >= 11 is 0. The van der Waals surface area contributed by atoms with Gasteiger partial charge in [-0.2, -0.15) is 0 Å². The highest BCUT2D eigenvalue weighted by Gasteiger charge is 2.15. The minimum atomic E-state index is -0.0575. The van der Waals surface area contributed by atoms with Crippen molar-refractivity contribution >= 4 is 11.8 Å². The van der Waals surface area contributed by atoms with Crippen molar-refractivity contribution in [2.75, 3.05) is 19.8 Å². The van der Waals surface area contributed by atoms with Gasteiger partial charge in [-0.3, -0.25) is 9.59 Å². The van der Waals surface area contributed by atoms with Crippen molar-refractivity contribution in [1.82, 2.24) is 16.0 Å². The third-order valence-electron chi connectivity index (χ3n) is 4.53. The van der Waals surface area contributed by atoms with Gasteiger partial charge in [0.15, 0.2) is 0 Å². The Bertz CT molecular complexity index is 412. The third kappa shape index (κ3) is 15.8. The van der Waals surface area contributed by atoms with E-state index in [0.29, 0.717) is 25.4 Å². The second kappa shape index (κ2) is 16.7. The fourth-order valence-electron chi connectivity index (χ4n) is 3.11. The van der Waals surface area contributed by atoms with Crippen molar-refractivity contribution in [2.24, 2.45) is 5.92 Å². The molecule has 0 saturated carbocycles. The van der Waals surface area contributed by atoms with Crippen LogP contribution in [-0.4, -0.2) is 59.9 Å². The summed E-state index contributed by atoms with van der Waals surface area (Å²) in [4.78, 5) is 23.9. The number of amides is 2. The lowest BCUT2D eigenvalue weighted by molar-refractivity contribution is -0.122. The lowest BCUT2D eigenvalue weighted by Crippen LogP contribution is -2.39. The number of nitrogens with one attached hydrogen (secondary N) is 3. The van der Waals surface area contributed by atoms with Gasteiger partial charge in [-0.05, 0) is 39.5 Å². The van der Waals surface area contributed by atoms with Gasteiger partial charge in [0, 0.05) is 56.6 Å². The Morgan fingerprint density at radius 1 is 0.821 bits per heavy atom. The lowest BCUT2D eigenvalue weighted by Gasteiger charge is -2.21. The SMILES string of the molecule is CC(C)NC(=O)CCCCC(CC(=O)NCCCCC(CO)CO)NC(C)C. The maximum Gasteiger partial charge on any atom is 0.221 e. The Labute approximate surface area is 171 Å². The zero-order valence-electron chi connectivity index (χ0n) is 18.3. The van der Waals surface area contributed by atoms with Crippen molar-refractivity contribution in [3.8, 4) is 0 Å². The van der Waals surface area contributed by atoms with Crippen molar-refractivity contribution < 1.29 is 19.8 Å². The van der Waals surface area contributed by atoms with Gasteiger partial charge in [0.2, 0.25) is 11.8 Å². The lowest BCUT2D eigenvalue weighted by atomic mass is 10.0. The fourth-order valence-corrected chi connectivity index (χ4v) is 3.11. The Kier molecular flexibility index (Phi) is 16.0. The Balaban J connectivity index is 4.05. The van der Waals surface area contributed by atoms with Crippen molar-refractivity contribution in [3.05, 3.63) is 0 Å². The number of carbonyl (C=O) groups excluding carboxylic acids is 2. The van der Waals surface area contributed by atoms with Crippen LogP contribution in [0.2, 0.25) is 0 Å². The van der Waals surface area contributed by atoms with E-state index in [9.17, 15) is 9.59 Å². The first-order valence-electron chi connectivity index (χ1n) is 10.8. The molecule has 0 heterocycles. The molecule has 0 aliphatic rings. The molecule has 1 unspecified atom stereocenters. The van der Waals surface area contributed by atoms with Crippen LogP contribution < -0.4 is 16.0 Å². The number of hydrogen-bond donors (Lipinski definition) is 5. The van der Waals surface area contributed by atoms with Gasteiger partial charge < -0.3 is 26.2 Å². The summed E-state index contributed by atoms with van der Waals surface area (Å²) in [5.41, 5.74) is 0. The molecule has 1 atom stereocenters. The van der Waals surface area contributed by atoms with Crippen molar-refractivity contribution in [3.63, 3.8) is 0 Å². The molecular weight excluding hydrogens is 358 g/mol. The van der Waals surface area contributed by atoms with Gasteiger partial charge in [0.05, 0.1) is 0 Å². The number of aliphatic hydroxyl groups is 2. The smallest absolute Gasteiger partial charge is 0.221 e. The molecule has 0 fully saturated rings. The van der Waals surface area contributed by atoms with Crippen LogP contribution in [0.3, 0.4) is 0 Å². The van der Waals surface area contributed by atoms with Gasteiger partial charge >= 0.3 is 0 Å². The van der Waals surface area contributed by atoms with Crippen molar-refractivity contribution in [1.29, 1.82) is 0 Å². The third-order valence-corrected chi connectivity index (χ3v) is 4.53. The molecule has 0 saturated heterocycles. The second-order valence-electron chi connectivity index (χ2n) is 8.27. The van der Waals surface area contributed by atoms with E-state index in [1.165, 1.54) is 0 Å². The number of carbonyl (C=O) groups is 2. The van der Waals surface area contributed by atoms with E-state index in [4.69, 9.17) is 10.2 Å². The molecule has 0 aromatic rings. The summed E-state index contributed by atoms with van der Waals surface area (Å²) in [7, 11) is 0. The van der Waals surface area contributed by atoms with Gasteiger partial charge in [-0.15, -0.1) is 0 Å². The maximum absolute atomic E-state index is 12.2. The average molecular weight is 402 g/mol. The van der Waals surface area contributed by atoms with Crippen LogP contribution in [0, 0.1) is 5.92 Å². The zero-order chi connectivity index (χ0) is 21.4. The van der Waals surface area contributed by atoms with E-state index in [0.717, 1.165) is 38.5 Å². The Morgan fingerprint density at radius 2 is 1.46 bits per heavy atom. The average Bonchev–Trinajstić information content (AvgIpc) is 2.60. The van der Waals surface area contributed by atoms with Crippen LogP contribution in [-0.2, 0) is 9.59 Å².